The van der Waals surface area contributed by atoms with Gasteiger partial charge in [-0.05, 0) is 29.8 Å². The van der Waals surface area contributed by atoms with Crippen molar-refractivity contribution in [3.8, 4) is 0 Å². The maximum Gasteiger partial charge on any atom is 0.128 e. The molecule has 0 saturated heterocycles. The van der Waals surface area contributed by atoms with Gasteiger partial charge in [-0.3, -0.25) is 4.98 Å². The van der Waals surface area contributed by atoms with Crippen LogP contribution in [0.15, 0.2) is 42.7 Å². The summed E-state index contributed by atoms with van der Waals surface area (Å²) >= 11 is 0. The molecule has 0 aromatic carbocycles. The largest absolute Gasteiger partial charge is 0.384 e. The predicted octanol–water partition coefficient (Wildman–Crippen LogP) is 1.67. The van der Waals surface area contributed by atoms with Crippen molar-refractivity contribution in [1.82, 2.24) is 9.97 Å². The lowest BCUT2D eigenvalue weighted by atomic mass is 10.3. The third kappa shape index (κ3) is 2.67. The number of hydrogen-bond acceptors (Lipinski definition) is 4. The van der Waals surface area contributed by atoms with Crippen molar-refractivity contribution in [1.29, 1.82) is 0 Å². The van der Waals surface area contributed by atoms with Crippen molar-refractivity contribution in [2.45, 2.75) is 6.54 Å². The van der Waals surface area contributed by atoms with Crippen LogP contribution < -0.4 is 11.1 Å². The zero-order chi connectivity index (χ0) is 10.5. The normalized spacial score (nSPS) is 9.87. The molecule has 0 saturated carbocycles. The fourth-order valence-corrected chi connectivity index (χ4v) is 1.24. The van der Waals surface area contributed by atoms with Crippen LogP contribution in [-0.4, -0.2) is 9.97 Å². The molecular weight excluding hydrogens is 188 g/mol. The van der Waals surface area contributed by atoms with Gasteiger partial charge in [-0.1, -0.05) is 6.07 Å². The molecule has 4 heteroatoms. The zero-order valence-electron chi connectivity index (χ0n) is 8.22. The highest BCUT2D eigenvalue weighted by atomic mass is 15.0. The van der Waals surface area contributed by atoms with Gasteiger partial charge in [-0.25, -0.2) is 4.98 Å². The highest BCUT2D eigenvalue weighted by Crippen LogP contribution is 2.07. The Balaban J connectivity index is 1.99. The Kier molecular flexibility index (Phi) is 2.78. The van der Waals surface area contributed by atoms with Crippen LogP contribution in [0.4, 0.5) is 11.6 Å². The molecule has 0 aliphatic heterocycles. The molecule has 2 aromatic heterocycles. The van der Waals surface area contributed by atoms with Gasteiger partial charge in [0.15, 0.2) is 0 Å². The number of pyridine rings is 2. The maximum absolute atomic E-state index is 5.57. The summed E-state index contributed by atoms with van der Waals surface area (Å²) in [5.41, 5.74) is 6.73. The average Bonchev–Trinajstić information content (AvgIpc) is 2.28. The van der Waals surface area contributed by atoms with Crippen LogP contribution >= 0.6 is 0 Å². The Bertz CT molecular complexity index is 428. The molecule has 0 amide bonds. The summed E-state index contributed by atoms with van der Waals surface area (Å²) in [5, 5.41) is 3.18. The summed E-state index contributed by atoms with van der Waals surface area (Å²) < 4.78 is 0. The van der Waals surface area contributed by atoms with E-state index in [1.165, 1.54) is 0 Å². The van der Waals surface area contributed by atoms with Crippen molar-refractivity contribution >= 4 is 11.6 Å². The first-order chi connectivity index (χ1) is 7.34. The second kappa shape index (κ2) is 4.41. The lowest BCUT2D eigenvalue weighted by Crippen LogP contribution is -2.02. The summed E-state index contributed by atoms with van der Waals surface area (Å²) in [5.74, 6) is 1.31. The van der Waals surface area contributed by atoms with Gasteiger partial charge in [-0.15, -0.1) is 0 Å². The van der Waals surface area contributed by atoms with Gasteiger partial charge in [0.05, 0.1) is 0 Å². The minimum atomic E-state index is 0.523. The quantitative estimate of drug-likeness (QED) is 0.791. The van der Waals surface area contributed by atoms with Gasteiger partial charge >= 0.3 is 0 Å². The van der Waals surface area contributed by atoms with Gasteiger partial charge in [-0.2, -0.15) is 0 Å². The minimum absolute atomic E-state index is 0.523. The molecule has 76 valence electrons. The number of anilines is 2. The highest BCUT2D eigenvalue weighted by Gasteiger charge is 1.94. The monoisotopic (exact) mass is 200 g/mol. The molecule has 2 aromatic rings. The lowest BCUT2D eigenvalue weighted by molar-refractivity contribution is 1.10. The topological polar surface area (TPSA) is 63.8 Å². The number of nitrogens with two attached hydrogens (primary N) is 1. The maximum atomic E-state index is 5.57. The van der Waals surface area contributed by atoms with Crippen LogP contribution in [-0.2, 0) is 6.54 Å². The first-order valence-electron chi connectivity index (χ1n) is 4.70. The minimum Gasteiger partial charge on any atom is -0.384 e. The van der Waals surface area contributed by atoms with E-state index >= 15 is 0 Å². The summed E-state index contributed by atoms with van der Waals surface area (Å²) in [6.45, 7) is 0.721. The van der Waals surface area contributed by atoms with E-state index in [1.807, 2.05) is 24.3 Å². The summed E-state index contributed by atoms with van der Waals surface area (Å²) in [4.78, 5) is 8.09. The number of nitrogens with zero attached hydrogens (tertiary/aromatic N) is 2. The Hall–Kier alpha value is -2.10. The first-order valence-corrected chi connectivity index (χ1v) is 4.70. The molecule has 3 N–H and O–H groups in total. The van der Waals surface area contributed by atoms with Crippen LogP contribution in [0.3, 0.4) is 0 Å². The second-order valence-electron chi connectivity index (χ2n) is 3.16. The van der Waals surface area contributed by atoms with Gasteiger partial charge in [0.1, 0.15) is 11.6 Å². The molecule has 4 nitrogen and oxygen atoms in total. The molecule has 0 spiro atoms. The van der Waals surface area contributed by atoms with E-state index in [4.69, 9.17) is 5.73 Å². The number of nitrogen functional groups attached to an aromatic ring is 1. The molecule has 2 rings (SSSR count). The molecule has 0 unspecified atom stereocenters. The fraction of sp³-hybridized carbons (Fsp3) is 0.0909. The van der Waals surface area contributed by atoms with Crippen molar-refractivity contribution in [2.75, 3.05) is 11.1 Å². The van der Waals surface area contributed by atoms with Crippen molar-refractivity contribution in [3.63, 3.8) is 0 Å². The summed E-state index contributed by atoms with van der Waals surface area (Å²) in [7, 11) is 0. The molecule has 0 atom stereocenters. The van der Waals surface area contributed by atoms with E-state index in [9.17, 15) is 0 Å². The lowest BCUT2D eigenvalue weighted by Gasteiger charge is -2.05. The Morgan fingerprint density at radius 3 is 2.67 bits per heavy atom. The van der Waals surface area contributed by atoms with E-state index in [2.05, 4.69) is 15.3 Å². The highest BCUT2D eigenvalue weighted by molar-refractivity contribution is 5.42. The smallest absolute Gasteiger partial charge is 0.128 e. The van der Waals surface area contributed by atoms with Crippen LogP contribution in [0.25, 0.3) is 0 Å². The number of aromatic nitrogens is 2. The number of rotatable bonds is 3. The van der Waals surface area contributed by atoms with Gasteiger partial charge in [0.25, 0.3) is 0 Å². The molecular formula is C11H12N4. The Morgan fingerprint density at radius 2 is 1.93 bits per heavy atom. The van der Waals surface area contributed by atoms with E-state index in [0.717, 1.165) is 17.9 Å². The summed E-state index contributed by atoms with van der Waals surface area (Å²) in [6, 6.07) is 9.44. The zero-order valence-corrected chi connectivity index (χ0v) is 8.22. The van der Waals surface area contributed by atoms with Crippen LogP contribution in [0, 0.1) is 0 Å². The average molecular weight is 200 g/mol. The molecule has 0 bridgehead atoms. The SMILES string of the molecule is Nc1cccc(NCc2ccncc2)n1. The van der Waals surface area contributed by atoms with Crippen molar-refractivity contribution in [2.24, 2.45) is 0 Å². The molecule has 2 heterocycles. The molecule has 0 aliphatic carbocycles. The predicted molar refractivity (Wildman–Crippen MR) is 60.2 cm³/mol. The van der Waals surface area contributed by atoms with Crippen molar-refractivity contribution < 1.29 is 0 Å². The van der Waals surface area contributed by atoms with Gasteiger partial charge in [0.2, 0.25) is 0 Å². The molecule has 15 heavy (non-hydrogen) atoms. The van der Waals surface area contributed by atoms with Gasteiger partial charge in [0, 0.05) is 18.9 Å². The van der Waals surface area contributed by atoms with Crippen molar-refractivity contribution in [3.05, 3.63) is 48.3 Å². The number of hydrogen-bond donors (Lipinski definition) is 2. The molecule has 0 fully saturated rings. The van der Waals surface area contributed by atoms with E-state index in [1.54, 1.807) is 18.5 Å². The Morgan fingerprint density at radius 1 is 1.13 bits per heavy atom. The summed E-state index contributed by atoms with van der Waals surface area (Å²) in [6.07, 6.45) is 3.54. The first kappa shape index (κ1) is 9.45. The third-order valence-corrected chi connectivity index (χ3v) is 1.99. The number of nitrogens with one attached hydrogen (secondary N) is 1. The fourth-order valence-electron chi connectivity index (χ4n) is 1.24. The van der Waals surface area contributed by atoms with E-state index in [0.29, 0.717) is 5.82 Å². The molecule has 0 aliphatic rings. The van der Waals surface area contributed by atoms with Crippen LogP contribution in [0.2, 0.25) is 0 Å². The van der Waals surface area contributed by atoms with E-state index < -0.39 is 0 Å². The second-order valence-corrected chi connectivity index (χ2v) is 3.16. The molecule has 0 radical (unpaired) electrons. The van der Waals surface area contributed by atoms with E-state index in [-0.39, 0.29) is 0 Å². The van der Waals surface area contributed by atoms with Gasteiger partial charge < -0.3 is 11.1 Å². The van der Waals surface area contributed by atoms with Crippen LogP contribution in [0.5, 0.6) is 0 Å². The third-order valence-electron chi connectivity index (χ3n) is 1.99. The van der Waals surface area contributed by atoms with Crippen LogP contribution in [0.1, 0.15) is 5.56 Å². The standard InChI is InChI=1S/C11H12N4/c12-10-2-1-3-11(15-10)14-8-9-4-6-13-7-5-9/h1-7H,8H2,(H3,12,14,15). The Labute approximate surface area is 88.2 Å².